The maximum atomic E-state index is 14.2. The molecule has 0 spiro atoms. The first kappa shape index (κ1) is 34.0. The van der Waals surface area contributed by atoms with Crippen LogP contribution >= 0.6 is 0 Å². The summed E-state index contributed by atoms with van der Waals surface area (Å²) in [5, 5.41) is 16.2. The number of ether oxygens (including phenoxy) is 4. The van der Waals surface area contributed by atoms with E-state index >= 15 is 0 Å². The summed E-state index contributed by atoms with van der Waals surface area (Å²) in [5.74, 6) is 0.874. The van der Waals surface area contributed by atoms with Crippen molar-refractivity contribution >= 4 is 22.2 Å². The third-order valence-corrected chi connectivity index (χ3v) is 12.7. The molecule has 4 aliphatic rings. The number of nitrogens with one attached hydrogen (secondary N) is 2. The lowest BCUT2D eigenvalue weighted by Gasteiger charge is -2.46. The van der Waals surface area contributed by atoms with Gasteiger partial charge in [-0.15, -0.1) is 10.2 Å². The fraction of sp³-hybridized carbons (Fsp3) is 0.900. The SMILES string of the molecule is CC1CCCOC2NC(CCC2c2nncn2COCC[Si](C)(C)C)N2C(=O)N(COCC[Si](C)(C)C)C3NCCC(O1)C32. The number of hydrogen-bond acceptors (Lipinski definition) is 9. The molecule has 12 nitrogen and oxygen atoms in total. The molecular formula is C30H57N7O5Si2. The van der Waals surface area contributed by atoms with Crippen molar-refractivity contribution in [1.29, 1.82) is 0 Å². The number of amides is 2. The zero-order valence-electron chi connectivity index (χ0n) is 28.1. The number of carbonyl (C=O) groups is 1. The molecule has 7 unspecified atom stereocenters. The van der Waals surface area contributed by atoms with E-state index in [9.17, 15) is 4.79 Å². The van der Waals surface area contributed by atoms with Crippen LogP contribution in [0, 0.1) is 0 Å². The van der Waals surface area contributed by atoms with E-state index in [-0.39, 0.29) is 55.5 Å². The monoisotopic (exact) mass is 651 g/mol. The van der Waals surface area contributed by atoms with Crippen molar-refractivity contribution in [2.24, 2.45) is 0 Å². The molecule has 1 aromatic rings. The first-order chi connectivity index (χ1) is 20.9. The lowest BCUT2D eigenvalue weighted by Crippen LogP contribution is -2.64. The number of rotatable bonds is 11. The molecule has 4 fully saturated rings. The number of nitrogens with zero attached hydrogens (tertiary/aromatic N) is 5. The number of urea groups is 1. The predicted molar refractivity (Wildman–Crippen MR) is 175 cm³/mol. The zero-order chi connectivity index (χ0) is 31.5. The standard InChI is InChI=1S/C30H57N7O5Si2/c1-22-9-8-14-41-29-23(27-34-32-19-35(27)20-39-15-17-43(2,3)4)10-11-25(33-29)37-26-24(42-22)12-13-31-28(26)36(30(37)38)21-40-16-18-44(5,6)7/h19,22-26,28-29,31,33H,8-18,20-21H2,1-7H3. The number of hydrogen-bond donors (Lipinski definition) is 2. The molecule has 0 radical (unpaired) electrons. The molecule has 0 aromatic carbocycles. The van der Waals surface area contributed by atoms with Crippen LogP contribution in [0.3, 0.4) is 0 Å². The normalized spacial score (nSPS) is 31.9. The van der Waals surface area contributed by atoms with Crippen LogP contribution in [0.4, 0.5) is 4.79 Å². The highest BCUT2D eigenvalue weighted by Gasteiger charge is 2.55. The molecule has 250 valence electrons. The summed E-state index contributed by atoms with van der Waals surface area (Å²) in [5.41, 5.74) is 0. The van der Waals surface area contributed by atoms with E-state index in [1.807, 2.05) is 14.4 Å². The number of piperidine rings is 2. The number of aromatic nitrogens is 3. The van der Waals surface area contributed by atoms with Gasteiger partial charge >= 0.3 is 6.03 Å². The van der Waals surface area contributed by atoms with E-state index < -0.39 is 16.1 Å². The maximum Gasteiger partial charge on any atom is 0.324 e. The summed E-state index contributed by atoms with van der Waals surface area (Å²) in [6.07, 6.45) is 5.44. The molecule has 4 aliphatic heterocycles. The Bertz CT molecular complexity index is 1080. The van der Waals surface area contributed by atoms with Gasteiger partial charge in [-0.2, -0.15) is 0 Å². The Labute approximate surface area is 265 Å². The molecule has 44 heavy (non-hydrogen) atoms. The van der Waals surface area contributed by atoms with Crippen molar-refractivity contribution in [3.8, 4) is 0 Å². The van der Waals surface area contributed by atoms with Gasteiger partial charge in [-0.05, 0) is 57.7 Å². The summed E-state index contributed by atoms with van der Waals surface area (Å²) < 4.78 is 27.4. The lowest BCUT2D eigenvalue weighted by atomic mass is 9.92. The van der Waals surface area contributed by atoms with E-state index in [4.69, 9.17) is 18.9 Å². The van der Waals surface area contributed by atoms with E-state index in [1.165, 1.54) is 0 Å². The smallest absolute Gasteiger partial charge is 0.324 e. The van der Waals surface area contributed by atoms with Gasteiger partial charge in [-0.3, -0.25) is 25.0 Å². The predicted octanol–water partition coefficient (Wildman–Crippen LogP) is 4.03. The van der Waals surface area contributed by atoms with Crippen LogP contribution in [0.2, 0.25) is 51.4 Å². The van der Waals surface area contributed by atoms with Crippen LogP contribution in [0.15, 0.2) is 6.33 Å². The van der Waals surface area contributed by atoms with Gasteiger partial charge in [-0.25, -0.2) is 4.79 Å². The quantitative estimate of drug-likeness (QED) is 0.270. The second kappa shape index (κ2) is 14.6. The maximum absolute atomic E-state index is 14.2. The Morgan fingerprint density at radius 3 is 2.45 bits per heavy atom. The topological polar surface area (TPSA) is 115 Å². The number of carbonyl (C=O) groups excluding carboxylic acids is 1. The number of fused-ring (bicyclic) bond motifs is 3. The van der Waals surface area contributed by atoms with Gasteiger partial charge in [0.15, 0.2) is 0 Å². The fourth-order valence-corrected chi connectivity index (χ4v) is 8.23. The largest absolute Gasteiger partial charge is 0.373 e. The second-order valence-electron chi connectivity index (χ2n) is 15.5. The molecule has 1 aromatic heterocycles. The molecule has 2 N–H and O–H groups in total. The summed E-state index contributed by atoms with van der Waals surface area (Å²) in [4.78, 5) is 18.1. The Morgan fingerprint density at radius 1 is 1.00 bits per heavy atom. The minimum atomic E-state index is -1.23. The van der Waals surface area contributed by atoms with Crippen LogP contribution in [0.25, 0.3) is 0 Å². The molecule has 14 heteroatoms. The highest BCUT2D eigenvalue weighted by atomic mass is 28.3. The average molecular weight is 652 g/mol. The summed E-state index contributed by atoms with van der Waals surface area (Å²) >= 11 is 0. The summed E-state index contributed by atoms with van der Waals surface area (Å²) in [7, 11) is -2.40. The molecular weight excluding hydrogens is 595 g/mol. The van der Waals surface area contributed by atoms with Crippen molar-refractivity contribution in [3.63, 3.8) is 0 Å². The minimum Gasteiger partial charge on any atom is -0.373 e. The highest BCUT2D eigenvalue weighted by molar-refractivity contribution is 6.76. The van der Waals surface area contributed by atoms with Gasteiger partial charge in [0.05, 0.1) is 30.3 Å². The van der Waals surface area contributed by atoms with Gasteiger partial charge < -0.3 is 18.9 Å². The van der Waals surface area contributed by atoms with Crippen LogP contribution in [-0.4, -0.2) is 117 Å². The molecule has 7 atom stereocenters. The van der Waals surface area contributed by atoms with E-state index in [0.29, 0.717) is 19.9 Å². The van der Waals surface area contributed by atoms with Gasteiger partial charge in [0.2, 0.25) is 0 Å². The van der Waals surface area contributed by atoms with E-state index in [2.05, 4.69) is 67.0 Å². The van der Waals surface area contributed by atoms with E-state index in [1.54, 1.807) is 6.33 Å². The molecule has 5 heterocycles. The Hall–Kier alpha value is -1.40. The van der Waals surface area contributed by atoms with Gasteiger partial charge in [0, 0.05) is 36.0 Å². The summed E-state index contributed by atoms with van der Waals surface area (Å²) in [6.45, 7) is 19.8. The molecule has 5 rings (SSSR count). The minimum absolute atomic E-state index is 0.000682. The highest BCUT2D eigenvalue weighted by Crippen LogP contribution is 2.37. The average Bonchev–Trinajstić information content (AvgIpc) is 3.52. The van der Waals surface area contributed by atoms with Crippen LogP contribution in [0.1, 0.15) is 50.8 Å². The molecule has 4 saturated heterocycles. The van der Waals surface area contributed by atoms with Crippen LogP contribution in [0.5, 0.6) is 0 Å². The van der Waals surface area contributed by atoms with E-state index in [0.717, 1.165) is 63.2 Å². The first-order valence-electron chi connectivity index (χ1n) is 16.8. The van der Waals surface area contributed by atoms with Gasteiger partial charge in [-0.1, -0.05) is 39.3 Å². The van der Waals surface area contributed by atoms with Gasteiger partial charge in [0.1, 0.15) is 38.0 Å². The Balaban J connectivity index is 1.33. The Kier molecular flexibility index (Phi) is 11.2. The third-order valence-electron chi connectivity index (χ3n) is 9.31. The van der Waals surface area contributed by atoms with Gasteiger partial charge in [0.25, 0.3) is 0 Å². The molecule has 0 aliphatic carbocycles. The zero-order valence-corrected chi connectivity index (χ0v) is 30.1. The van der Waals surface area contributed by atoms with Crippen molar-refractivity contribution in [2.75, 3.05) is 33.1 Å². The van der Waals surface area contributed by atoms with Crippen molar-refractivity contribution < 1.29 is 23.7 Å². The van der Waals surface area contributed by atoms with Crippen LogP contribution in [-0.2, 0) is 25.7 Å². The third kappa shape index (κ3) is 8.49. The van der Waals surface area contributed by atoms with Crippen molar-refractivity contribution in [3.05, 3.63) is 12.2 Å². The van der Waals surface area contributed by atoms with Crippen LogP contribution < -0.4 is 10.6 Å². The lowest BCUT2D eigenvalue weighted by molar-refractivity contribution is -0.101. The van der Waals surface area contributed by atoms with Crippen molar-refractivity contribution in [1.82, 2.24) is 35.2 Å². The first-order valence-corrected chi connectivity index (χ1v) is 24.2. The van der Waals surface area contributed by atoms with Crippen molar-refractivity contribution in [2.45, 2.75) is 140 Å². The molecule has 2 amide bonds. The molecule has 2 bridgehead atoms. The second-order valence-corrected chi connectivity index (χ2v) is 26.7. The Morgan fingerprint density at radius 2 is 1.73 bits per heavy atom. The molecule has 0 saturated carbocycles. The summed E-state index contributed by atoms with van der Waals surface area (Å²) in [6, 6.07) is 2.07. The fourth-order valence-electron chi connectivity index (χ4n) is 6.72.